The number of aromatic nitrogens is 1. The Balaban J connectivity index is 2.22. The third-order valence-corrected chi connectivity index (χ3v) is 5.06. The molecule has 0 spiro atoms. The Kier molecular flexibility index (Phi) is 6.86. The molecular weight excluding hydrogens is 348 g/mol. The van der Waals surface area contributed by atoms with Crippen LogP contribution in [0.2, 0.25) is 0 Å². The first-order valence-electron chi connectivity index (χ1n) is 8.12. The minimum Gasteiger partial charge on any atom is -0.441 e. The molecule has 0 aliphatic rings. The summed E-state index contributed by atoms with van der Waals surface area (Å²) in [5.41, 5.74) is 1.96. The highest BCUT2D eigenvalue weighted by Crippen LogP contribution is 2.24. The van der Waals surface area contributed by atoms with E-state index in [1.807, 2.05) is 19.1 Å². The van der Waals surface area contributed by atoms with Crippen molar-refractivity contribution in [3.05, 3.63) is 77.1 Å². The Morgan fingerprint density at radius 1 is 1.35 bits per heavy atom. The molecule has 5 nitrogen and oxygen atoms in total. The average molecular weight is 370 g/mol. The number of aryl methyl sites for hydroxylation is 1. The highest BCUT2D eigenvalue weighted by atomic mass is 32.2. The third-order valence-electron chi connectivity index (χ3n) is 3.70. The Bertz CT molecular complexity index is 877. The predicted molar refractivity (Wildman–Crippen MR) is 105 cm³/mol. The molecule has 1 heterocycles. The SMILES string of the molecule is C=C/C(=C\C=C/C)S(=O)Cc1nc(-c2ccc(C(=O)NC)cc2)oc1C. The lowest BCUT2D eigenvalue weighted by atomic mass is 10.1. The number of rotatable bonds is 7. The van der Waals surface area contributed by atoms with Gasteiger partial charge in [-0.15, -0.1) is 0 Å². The van der Waals surface area contributed by atoms with E-state index in [9.17, 15) is 9.00 Å². The second-order valence-corrected chi connectivity index (χ2v) is 6.92. The summed E-state index contributed by atoms with van der Waals surface area (Å²) in [6.07, 6.45) is 7.05. The first kappa shape index (κ1) is 19.6. The van der Waals surface area contributed by atoms with Crippen LogP contribution in [0, 0.1) is 6.92 Å². The maximum Gasteiger partial charge on any atom is 0.251 e. The van der Waals surface area contributed by atoms with Gasteiger partial charge in [0.2, 0.25) is 5.89 Å². The van der Waals surface area contributed by atoms with Crippen LogP contribution in [0.1, 0.15) is 28.7 Å². The molecule has 2 rings (SSSR count). The second kappa shape index (κ2) is 9.10. The molecule has 1 amide bonds. The molecule has 136 valence electrons. The zero-order chi connectivity index (χ0) is 19.1. The minimum atomic E-state index is -1.26. The molecule has 1 aromatic carbocycles. The number of amides is 1. The van der Waals surface area contributed by atoms with E-state index in [-0.39, 0.29) is 11.7 Å². The van der Waals surface area contributed by atoms with E-state index < -0.39 is 10.8 Å². The van der Waals surface area contributed by atoms with Gasteiger partial charge in [0, 0.05) is 23.1 Å². The van der Waals surface area contributed by atoms with Crippen molar-refractivity contribution in [1.82, 2.24) is 10.3 Å². The van der Waals surface area contributed by atoms with Crippen molar-refractivity contribution in [3.63, 3.8) is 0 Å². The molecule has 1 atom stereocenters. The number of allylic oxidation sites excluding steroid dienone is 4. The maximum absolute atomic E-state index is 12.5. The maximum atomic E-state index is 12.5. The van der Waals surface area contributed by atoms with Gasteiger partial charge in [0.1, 0.15) is 5.76 Å². The van der Waals surface area contributed by atoms with Crippen molar-refractivity contribution in [2.45, 2.75) is 19.6 Å². The Labute approximate surface area is 156 Å². The average Bonchev–Trinajstić information content (AvgIpc) is 3.02. The van der Waals surface area contributed by atoms with Crippen molar-refractivity contribution in [2.24, 2.45) is 0 Å². The normalized spacial score (nSPS) is 13.0. The van der Waals surface area contributed by atoms with Gasteiger partial charge in [0.05, 0.1) is 22.2 Å². The molecule has 0 aliphatic carbocycles. The van der Waals surface area contributed by atoms with E-state index >= 15 is 0 Å². The monoisotopic (exact) mass is 370 g/mol. The number of carbonyl (C=O) groups is 1. The van der Waals surface area contributed by atoms with Crippen molar-refractivity contribution >= 4 is 16.7 Å². The van der Waals surface area contributed by atoms with E-state index in [1.165, 1.54) is 0 Å². The van der Waals surface area contributed by atoms with Crippen LogP contribution < -0.4 is 5.32 Å². The molecule has 0 fully saturated rings. The first-order valence-corrected chi connectivity index (χ1v) is 9.44. The number of carbonyl (C=O) groups excluding carboxylic acids is 1. The number of nitrogens with zero attached hydrogens (tertiary/aromatic N) is 1. The van der Waals surface area contributed by atoms with Gasteiger partial charge in [-0.25, -0.2) is 4.98 Å². The molecule has 26 heavy (non-hydrogen) atoms. The summed E-state index contributed by atoms with van der Waals surface area (Å²) in [6, 6.07) is 6.97. The fourth-order valence-electron chi connectivity index (χ4n) is 2.23. The molecule has 0 bridgehead atoms. The van der Waals surface area contributed by atoms with Crippen LogP contribution in [-0.4, -0.2) is 22.1 Å². The van der Waals surface area contributed by atoms with E-state index in [0.29, 0.717) is 27.8 Å². The van der Waals surface area contributed by atoms with Crippen LogP contribution in [0.15, 0.2) is 64.5 Å². The predicted octanol–water partition coefficient (Wildman–Crippen LogP) is 3.90. The van der Waals surface area contributed by atoms with Crippen molar-refractivity contribution in [1.29, 1.82) is 0 Å². The molecule has 2 aromatic rings. The molecule has 1 aromatic heterocycles. The summed E-state index contributed by atoms with van der Waals surface area (Å²) in [4.78, 5) is 16.7. The van der Waals surface area contributed by atoms with Gasteiger partial charge in [0.15, 0.2) is 0 Å². The van der Waals surface area contributed by atoms with Crippen LogP contribution >= 0.6 is 0 Å². The lowest BCUT2D eigenvalue weighted by molar-refractivity contribution is 0.0963. The van der Waals surface area contributed by atoms with E-state index in [4.69, 9.17) is 4.42 Å². The number of hydrogen-bond donors (Lipinski definition) is 1. The summed E-state index contributed by atoms with van der Waals surface area (Å²) >= 11 is 0. The quantitative estimate of drug-likeness (QED) is 0.750. The van der Waals surface area contributed by atoms with Crippen molar-refractivity contribution < 1.29 is 13.4 Å². The van der Waals surface area contributed by atoms with Crippen molar-refractivity contribution in [3.8, 4) is 11.5 Å². The number of oxazole rings is 1. The smallest absolute Gasteiger partial charge is 0.251 e. The molecule has 1 unspecified atom stereocenters. The summed E-state index contributed by atoms with van der Waals surface area (Å²) in [5, 5.41) is 2.58. The largest absolute Gasteiger partial charge is 0.441 e. The van der Waals surface area contributed by atoms with E-state index in [1.54, 1.807) is 50.4 Å². The molecule has 0 aliphatic heterocycles. The zero-order valence-electron chi connectivity index (χ0n) is 15.1. The van der Waals surface area contributed by atoms with Gasteiger partial charge >= 0.3 is 0 Å². The standard InChI is InChI=1S/C20H22N2O3S/c1-5-7-8-17(6-2)26(24)13-18-14(3)25-20(22-18)16-11-9-15(10-12-16)19(23)21-4/h5-12H,2,13H2,1,3-4H3,(H,21,23)/b7-5-,17-8+. The molecular formula is C20H22N2O3S. The van der Waals surface area contributed by atoms with E-state index in [2.05, 4.69) is 16.9 Å². The topological polar surface area (TPSA) is 72.2 Å². The van der Waals surface area contributed by atoms with Gasteiger partial charge in [-0.05, 0) is 44.2 Å². The van der Waals surface area contributed by atoms with Gasteiger partial charge in [-0.3, -0.25) is 9.00 Å². The first-order chi connectivity index (χ1) is 12.5. The van der Waals surface area contributed by atoms with Crippen LogP contribution in [0.4, 0.5) is 0 Å². The van der Waals surface area contributed by atoms with Gasteiger partial charge in [-0.2, -0.15) is 0 Å². The molecule has 0 saturated carbocycles. The lowest BCUT2D eigenvalue weighted by Gasteiger charge is -2.00. The lowest BCUT2D eigenvalue weighted by Crippen LogP contribution is -2.17. The molecule has 6 heteroatoms. The second-order valence-electron chi connectivity index (χ2n) is 5.47. The summed E-state index contributed by atoms with van der Waals surface area (Å²) in [5.74, 6) is 1.16. The number of nitrogens with one attached hydrogen (secondary N) is 1. The van der Waals surface area contributed by atoms with Gasteiger partial charge in [-0.1, -0.05) is 24.8 Å². The van der Waals surface area contributed by atoms with Crippen LogP contribution in [-0.2, 0) is 16.6 Å². The van der Waals surface area contributed by atoms with Crippen molar-refractivity contribution in [2.75, 3.05) is 7.05 Å². The number of hydrogen-bond acceptors (Lipinski definition) is 4. The van der Waals surface area contributed by atoms with Crippen LogP contribution in [0.25, 0.3) is 11.5 Å². The fraction of sp³-hybridized carbons (Fsp3) is 0.200. The van der Waals surface area contributed by atoms with Gasteiger partial charge in [0.25, 0.3) is 5.91 Å². The molecule has 0 radical (unpaired) electrons. The highest BCUT2D eigenvalue weighted by molar-refractivity contribution is 7.88. The fourth-order valence-corrected chi connectivity index (χ4v) is 3.33. The molecule has 0 saturated heterocycles. The van der Waals surface area contributed by atoms with Crippen LogP contribution in [0.3, 0.4) is 0 Å². The Morgan fingerprint density at radius 2 is 2.04 bits per heavy atom. The Hall–Kier alpha value is -2.73. The van der Waals surface area contributed by atoms with Crippen LogP contribution in [0.5, 0.6) is 0 Å². The van der Waals surface area contributed by atoms with E-state index in [0.717, 1.165) is 5.56 Å². The zero-order valence-corrected chi connectivity index (χ0v) is 15.9. The summed E-state index contributed by atoms with van der Waals surface area (Å²) < 4.78 is 18.2. The number of benzene rings is 1. The third kappa shape index (κ3) is 4.67. The Morgan fingerprint density at radius 3 is 2.62 bits per heavy atom. The van der Waals surface area contributed by atoms with Gasteiger partial charge < -0.3 is 9.73 Å². The summed E-state index contributed by atoms with van der Waals surface area (Å²) in [7, 11) is 0.327. The molecule has 1 N–H and O–H groups in total. The highest BCUT2D eigenvalue weighted by Gasteiger charge is 2.15. The minimum absolute atomic E-state index is 0.152. The summed E-state index contributed by atoms with van der Waals surface area (Å²) in [6.45, 7) is 7.40.